The van der Waals surface area contributed by atoms with E-state index in [1.54, 1.807) is 30.3 Å². The minimum absolute atomic E-state index is 0.103. The number of hydrogen-bond donors (Lipinski definition) is 0. The van der Waals surface area contributed by atoms with E-state index in [1.165, 1.54) is 23.1 Å². The molecule has 9 heteroatoms. The number of ether oxygens (including phenoxy) is 1. The SMILES string of the molecule is O=C1/C(=C/c2cc([N+](=O)[O-])ccc2OCc2ccccc2)SC(=S)N1c1cccc(Cl)c1. The Balaban J connectivity index is 1.67. The number of benzene rings is 3. The highest BCUT2D eigenvalue weighted by molar-refractivity contribution is 8.27. The lowest BCUT2D eigenvalue weighted by Gasteiger charge is -2.14. The van der Waals surface area contributed by atoms with Crippen molar-refractivity contribution in [3.8, 4) is 5.75 Å². The number of rotatable bonds is 6. The zero-order valence-corrected chi connectivity index (χ0v) is 18.8. The van der Waals surface area contributed by atoms with Gasteiger partial charge >= 0.3 is 0 Å². The molecular weight excluding hydrogens is 468 g/mol. The van der Waals surface area contributed by atoms with E-state index in [1.807, 2.05) is 30.3 Å². The molecule has 4 rings (SSSR count). The highest BCUT2D eigenvalue weighted by Crippen LogP contribution is 2.38. The number of nitrogens with zero attached hydrogens (tertiary/aromatic N) is 2. The first-order valence-electron chi connectivity index (χ1n) is 9.41. The molecule has 1 saturated heterocycles. The van der Waals surface area contributed by atoms with Crippen molar-refractivity contribution in [3.63, 3.8) is 0 Å². The number of thioether (sulfide) groups is 1. The van der Waals surface area contributed by atoms with Crippen LogP contribution in [0.25, 0.3) is 6.08 Å². The molecule has 0 atom stereocenters. The second-order valence-corrected chi connectivity index (χ2v) is 8.86. The Morgan fingerprint density at radius 3 is 2.59 bits per heavy atom. The van der Waals surface area contributed by atoms with Gasteiger partial charge in [-0.15, -0.1) is 0 Å². The van der Waals surface area contributed by atoms with Crippen LogP contribution in [0.2, 0.25) is 5.02 Å². The smallest absolute Gasteiger partial charge is 0.270 e. The number of amides is 1. The average molecular weight is 483 g/mol. The maximum Gasteiger partial charge on any atom is 0.270 e. The summed E-state index contributed by atoms with van der Waals surface area (Å²) in [6.07, 6.45) is 1.57. The molecule has 1 heterocycles. The fraction of sp³-hybridized carbons (Fsp3) is 0.0435. The van der Waals surface area contributed by atoms with Crippen LogP contribution in [0.5, 0.6) is 5.75 Å². The van der Waals surface area contributed by atoms with Gasteiger partial charge in [0.25, 0.3) is 11.6 Å². The first-order valence-corrected chi connectivity index (χ1v) is 11.0. The van der Waals surface area contributed by atoms with Crippen LogP contribution in [0.3, 0.4) is 0 Å². The third kappa shape index (κ3) is 4.83. The van der Waals surface area contributed by atoms with E-state index in [-0.39, 0.29) is 18.2 Å². The van der Waals surface area contributed by atoms with Gasteiger partial charge in [0, 0.05) is 22.7 Å². The molecule has 0 radical (unpaired) electrons. The molecule has 32 heavy (non-hydrogen) atoms. The van der Waals surface area contributed by atoms with Gasteiger partial charge in [-0.05, 0) is 35.9 Å². The first kappa shape index (κ1) is 22.0. The van der Waals surface area contributed by atoms with Crippen molar-refractivity contribution in [1.29, 1.82) is 0 Å². The maximum atomic E-state index is 13.1. The van der Waals surface area contributed by atoms with Gasteiger partial charge in [-0.2, -0.15) is 0 Å². The van der Waals surface area contributed by atoms with E-state index < -0.39 is 4.92 Å². The van der Waals surface area contributed by atoms with Crippen LogP contribution in [0.4, 0.5) is 11.4 Å². The van der Waals surface area contributed by atoms with Gasteiger partial charge in [0.05, 0.1) is 15.5 Å². The van der Waals surface area contributed by atoms with Gasteiger partial charge in [-0.1, -0.05) is 72.0 Å². The largest absolute Gasteiger partial charge is 0.488 e. The number of anilines is 1. The minimum atomic E-state index is -0.491. The molecule has 160 valence electrons. The molecular formula is C23H15ClN2O4S2. The summed E-state index contributed by atoms with van der Waals surface area (Å²) in [7, 11) is 0. The molecule has 0 aromatic heterocycles. The topological polar surface area (TPSA) is 72.7 Å². The lowest BCUT2D eigenvalue weighted by molar-refractivity contribution is -0.384. The maximum absolute atomic E-state index is 13.1. The van der Waals surface area contributed by atoms with E-state index in [4.69, 9.17) is 28.6 Å². The molecule has 3 aromatic carbocycles. The molecule has 0 bridgehead atoms. The number of halogens is 1. The number of nitro benzene ring substituents is 1. The molecule has 1 amide bonds. The van der Waals surface area contributed by atoms with E-state index in [0.717, 1.165) is 17.3 Å². The third-order valence-electron chi connectivity index (χ3n) is 4.59. The second-order valence-electron chi connectivity index (χ2n) is 6.75. The van der Waals surface area contributed by atoms with Gasteiger partial charge in [0.1, 0.15) is 12.4 Å². The van der Waals surface area contributed by atoms with Crippen LogP contribution in [-0.4, -0.2) is 15.2 Å². The number of carbonyl (C=O) groups excluding carboxylic acids is 1. The van der Waals surface area contributed by atoms with Crippen molar-refractivity contribution < 1.29 is 14.5 Å². The fourth-order valence-electron chi connectivity index (χ4n) is 3.08. The average Bonchev–Trinajstić information content (AvgIpc) is 3.06. The molecule has 0 N–H and O–H groups in total. The number of non-ortho nitro benzene ring substituents is 1. The van der Waals surface area contributed by atoms with Gasteiger partial charge < -0.3 is 4.74 Å². The zero-order valence-electron chi connectivity index (χ0n) is 16.4. The summed E-state index contributed by atoms with van der Waals surface area (Å²) in [5.41, 5.74) is 1.82. The van der Waals surface area contributed by atoms with Gasteiger partial charge in [0.15, 0.2) is 4.32 Å². The fourth-order valence-corrected chi connectivity index (χ4v) is 4.55. The highest BCUT2D eigenvalue weighted by atomic mass is 35.5. The molecule has 0 unspecified atom stereocenters. The second kappa shape index (κ2) is 9.52. The van der Waals surface area contributed by atoms with Gasteiger partial charge in [0.2, 0.25) is 0 Å². The predicted molar refractivity (Wildman–Crippen MR) is 131 cm³/mol. The first-order chi connectivity index (χ1) is 15.4. The summed E-state index contributed by atoms with van der Waals surface area (Å²) in [6, 6.07) is 20.6. The van der Waals surface area contributed by atoms with Crippen molar-refractivity contribution in [1.82, 2.24) is 0 Å². The van der Waals surface area contributed by atoms with E-state index >= 15 is 0 Å². The molecule has 0 aliphatic carbocycles. The van der Waals surface area contributed by atoms with Crippen molar-refractivity contribution in [2.45, 2.75) is 6.61 Å². The van der Waals surface area contributed by atoms with E-state index in [0.29, 0.717) is 31.2 Å². The molecule has 0 saturated carbocycles. The molecule has 1 aliphatic rings. The van der Waals surface area contributed by atoms with E-state index in [9.17, 15) is 14.9 Å². The summed E-state index contributed by atoms with van der Waals surface area (Å²) in [6.45, 7) is 0.281. The van der Waals surface area contributed by atoms with Crippen molar-refractivity contribution in [3.05, 3.63) is 104 Å². The van der Waals surface area contributed by atoms with Crippen LogP contribution >= 0.6 is 35.6 Å². The summed E-state index contributed by atoms with van der Waals surface area (Å²) in [5, 5.41) is 11.8. The summed E-state index contributed by atoms with van der Waals surface area (Å²) < 4.78 is 6.25. The highest BCUT2D eigenvalue weighted by Gasteiger charge is 2.33. The Morgan fingerprint density at radius 1 is 1.09 bits per heavy atom. The van der Waals surface area contributed by atoms with Crippen LogP contribution in [0.1, 0.15) is 11.1 Å². The Morgan fingerprint density at radius 2 is 1.88 bits per heavy atom. The minimum Gasteiger partial charge on any atom is -0.488 e. The molecule has 1 aliphatic heterocycles. The Kier molecular flexibility index (Phi) is 6.55. The summed E-state index contributed by atoms with van der Waals surface area (Å²) in [4.78, 5) is 25.6. The van der Waals surface area contributed by atoms with Crippen molar-refractivity contribution >= 4 is 63.3 Å². The Bertz CT molecular complexity index is 1250. The molecule has 1 fully saturated rings. The third-order valence-corrected chi connectivity index (χ3v) is 6.13. The Hall–Kier alpha value is -3.20. The van der Waals surface area contributed by atoms with Crippen LogP contribution in [-0.2, 0) is 11.4 Å². The van der Waals surface area contributed by atoms with Crippen LogP contribution < -0.4 is 9.64 Å². The monoisotopic (exact) mass is 482 g/mol. The van der Waals surface area contributed by atoms with Crippen molar-refractivity contribution in [2.24, 2.45) is 0 Å². The summed E-state index contributed by atoms with van der Waals surface area (Å²) >= 11 is 12.6. The van der Waals surface area contributed by atoms with Crippen LogP contribution in [0.15, 0.2) is 77.7 Å². The standard InChI is InChI=1S/C23H15ClN2O4S2/c24-17-7-4-8-18(13-17)25-22(27)21(32-23(25)31)12-16-11-19(26(28)29)9-10-20(16)30-14-15-5-2-1-3-6-15/h1-13H,14H2/b21-12-. The normalized spacial score (nSPS) is 14.8. The van der Waals surface area contributed by atoms with Crippen molar-refractivity contribution in [2.75, 3.05) is 4.90 Å². The number of carbonyl (C=O) groups is 1. The molecule has 6 nitrogen and oxygen atoms in total. The zero-order chi connectivity index (χ0) is 22.7. The lowest BCUT2D eigenvalue weighted by atomic mass is 10.1. The van der Waals surface area contributed by atoms with Gasteiger partial charge in [-0.3, -0.25) is 19.8 Å². The molecule has 3 aromatic rings. The van der Waals surface area contributed by atoms with E-state index in [2.05, 4.69) is 0 Å². The number of hydrogen-bond acceptors (Lipinski definition) is 6. The predicted octanol–water partition coefficient (Wildman–Crippen LogP) is 6.23. The Labute approximate surface area is 198 Å². The lowest BCUT2D eigenvalue weighted by Crippen LogP contribution is -2.27. The number of nitro groups is 1. The quantitative estimate of drug-likeness (QED) is 0.179. The van der Waals surface area contributed by atoms with Crippen LogP contribution in [0, 0.1) is 10.1 Å². The summed E-state index contributed by atoms with van der Waals surface area (Å²) in [5.74, 6) is 0.0928. The molecule has 0 spiro atoms. The number of thiocarbonyl (C=S) groups is 1. The van der Waals surface area contributed by atoms with Gasteiger partial charge in [-0.25, -0.2) is 0 Å².